The highest BCUT2D eigenvalue weighted by atomic mass is 16.5. The van der Waals surface area contributed by atoms with E-state index in [2.05, 4.69) is 39.8 Å². The fourth-order valence-electron chi connectivity index (χ4n) is 3.93. The van der Waals surface area contributed by atoms with Crippen LogP contribution in [0.25, 0.3) is 0 Å². The first kappa shape index (κ1) is 18.5. The molecule has 0 saturated carbocycles. The molecule has 2 aliphatic heterocycles. The number of urea groups is 1. The maximum Gasteiger partial charge on any atom is 0.338 e. The zero-order chi connectivity index (χ0) is 19.3. The van der Waals surface area contributed by atoms with E-state index in [1.54, 1.807) is 18.2 Å². The Labute approximate surface area is 164 Å². The second-order valence-electron chi connectivity index (χ2n) is 7.51. The molecule has 0 aromatic heterocycles. The Morgan fingerprint density at radius 1 is 1.18 bits per heavy atom. The van der Waals surface area contributed by atoms with E-state index in [9.17, 15) is 9.59 Å². The number of anilines is 1. The Kier molecular flexibility index (Phi) is 5.58. The largest absolute Gasteiger partial charge is 0.457 e. The first-order chi connectivity index (χ1) is 13.7. The van der Waals surface area contributed by atoms with Gasteiger partial charge < -0.3 is 15.4 Å². The van der Waals surface area contributed by atoms with E-state index < -0.39 is 0 Å². The molecule has 2 N–H and O–H groups in total. The van der Waals surface area contributed by atoms with E-state index in [0.717, 1.165) is 38.0 Å². The summed E-state index contributed by atoms with van der Waals surface area (Å²) in [7, 11) is 0. The van der Waals surface area contributed by atoms with Crippen LogP contribution in [0.5, 0.6) is 0 Å². The molecule has 1 atom stereocenters. The smallest absolute Gasteiger partial charge is 0.338 e. The van der Waals surface area contributed by atoms with Gasteiger partial charge in [0, 0.05) is 30.9 Å². The summed E-state index contributed by atoms with van der Waals surface area (Å²) in [4.78, 5) is 26.2. The van der Waals surface area contributed by atoms with Crippen molar-refractivity contribution in [2.45, 2.75) is 26.0 Å². The van der Waals surface area contributed by atoms with E-state index in [1.807, 2.05) is 6.07 Å². The normalized spacial score (nSPS) is 19.0. The Balaban J connectivity index is 1.25. The van der Waals surface area contributed by atoms with Gasteiger partial charge in [-0.3, -0.25) is 4.90 Å². The molecule has 2 aliphatic rings. The topological polar surface area (TPSA) is 70.7 Å². The molecule has 1 saturated heterocycles. The Morgan fingerprint density at radius 3 is 2.89 bits per heavy atom. The number of ether oxygens (including phenoxy) is 1. The van der Waals surface area contributed by atoms with Crippen molar-refractivity contribution < 1.29 is 14.3 Å². The van der Waals surface area contributed by atoms with Crippen molar-refractivity contribution in [1.29, 1.82) is 0 Å². The van der Waals surface area contributed by atoms with Crippen LogP contribution in [-0.2, 0) is 17.9 Å². The molecule has 146 valence electrons. The molecule has 0 radical (unpaired) electrons. The standard InChI is InChI=1S/C22H25N3O3/c26-21-20-9-8-19(11-18(20)15-28-21)24-22(27)23-12-17-7-4-10-25(14-17)13-16-5-2-1-3-6-16/h1-3,5-6,8-9,11,17H,4,7,10,12-15H2,(H2,23,24,27)/t17-/m0/s1. The average molecular weight is 379 g/mol. The zero-order valence-electron chi connectivity index (χ0n) is 15.8. The monoisotopic (exact) mass is 379 g/mol. The summed E-state index contributed by atoms with van der Waals surface area (Å²) in [6.45, 7) is 3.98. The van der Waals surface area contributed by atoms with Crippen molar-refractivity contribution in [3.63, 3.8) is 0 Å². The number of hydrogen-bond donors (Lipinski definition) is 2. The molecule has 1 fully saturated rings. The summed E-state index contributed by atoms with van der Waals surface area (Å²) >= 11 is 0. The van der Waals surface area contributed by atoms with Crippen molar-refractivity contribution in [1.82, 2.24) is 10.2 Å². The molecule has 0 aliphatic carbocycles. The lowest BCUT2D eigenvalue weighted by molar-refractivity contribution is 0.0535. The number of rotatable bonds is 5. The lowest BCUT2D eigenvalue weighted by Gasteiger charge is -2.32. The molecule has 0 spiro atoms. The van der Waals surface area contributed by atoms with E-state index in [1.165, 1.54) is 5.56 Å². The van der Waals surface area contributed by atoms with Gasteiger partial charge in [0.25, 0.3) is 0 Å². The molecule has 0 bridgehead atoms. The van der Waals surface area contributed by atoms with Gasteiger partial charge >= 0.3 is 12.0 Å². The van der Waals surface area contributed by atoms with Crippen LogP contribution in [0.4, 0.5) is 10.5 Å². The zero-order valence-corrected chi connectivity index (χ0v) is 15.8. The maximum absolute atomic E-state index is 12.3. The second-order valence-corrected chi connectivity index (χ2v) is 7.51. The Hall–Kier alpha value is -2.86. The third-order valence-electron chi connectivity index (χ3n) is 5.35. The number of benzene rings is 2. The summed E-state index contributed by atoms with van der Waals surface area (Å²) in [6, 6.07) is 15.5. The number of carbonyl (C=O) groups is 2. The SMILES string of the molecule is O=C(NC[C@@H]1CCCN(Cc2ccccc2)C1)Nc1ccc2c(c1)COC2=O. The molecular formula is C22H25N3O3. The first-order valence-corrected chi connectivity index (χ1v) is 9.78. The minimum atomic E-state index is -0.302. The number of likely N-dealkylation sites (tertiary alicyclic amines) is 1. The molecule has 2 heterocycles. The lowest BCUT2D eigenvalue weighted by Crippen LogP contribution is -2.41. The van der Waals surface area contributed by atoms with Gasteiger partial charge in [-0.05, 0) is 49.1 Å². The van der Waals surface area contributed by atoms with Crippen LogP contribution >= 0.6 is 0 Å². The van der Waals surface area contributed by atoms with Crippen molar-refractivity contribution in [3.05, 3.63) is 65.2 Å². The van der Waals surface area contributed by atoms with Crippen LogP contribution < -0.4 is 10.6 Å². The molecule has 6 nitrogen and oxygen atoms in total. The summed E-state index contributed by atoms with van der Waals surface area (Å²) < 4.78 is 4.99. The van der Waals surface area contributed by atoms with Crippen LogP contribution in [0, 0.1) is 5.92 Å². The fourth-order valence-corrected chi connectivity index (χ4v) is 3.93. The van der Waals surface area contributed by atoms with Crippen molar-refractivity contribution in [3.8, 4) is 0 Å². The van der Waals surface area contributed by atoms with Crippen LogP contribution in [0.3, 0.4) is 0 Å². The van der Waals surface area contributed by atoms with Crippen LogP contribution in [0.2, 0.25) is 0 Å². The van der Waals surface area contributed by atoms with Crippen LogP contribution in [0.1, 0.15) is 34.3 Å². The molecule has 28 heavy (non-hydrogen) atoms. The summed E-state index contributed by atoms with van der Waals surface area (Å²) in [5.74, 6) is 0.151. The summed E-state index contributed by atoms with van der Waals surface area (Å²) in [5, 5.41) is 5.83. The number of cyclic esters (lactones) is 1. The predicted octanol–water partition coefficient (Wildman–Crippen LogP) is 3.39. The highest BCUT2D eigenvalue weighted by Crippen LogP contribution is 2.23. The number of carbonyl (C=O) groups excluding carboxylic acids is 2. The lowest BCUT2D eigenvalue weighted by atomic mass is 9.97. The van der Waals surface area contributed by atoms with Gasteiger partial charge in [-0.2, -0.15) is 0 Å². The van der Waals surface area contributed by atoms with E-state index in [-0.39, 0.29) is 18.6 Å². The number of nitrogens with zero attached hydrogens (tertiary/aromatic N) is 1. The van der Waals surface area contributed by atoms with Crippen LogP contribution in [-0.4, -0.2) is 36.5 Å². The molecule has 2 amide bonds. The van der Waals surface area contributed by atoms with Crippen molar-refractivity contribution in [2.24, 2.45) is 5.92 Å². The maximum atomic E-state index is 12.3. The molecular weight excluding hydrogens is 354 g/mol. The number of fused-ring (bicyclic) bond motifs is 1. The number of piperidine rings is 1. The number of nitrogens with one attached hydrogen (secondary N) is 2. The van der Waals surface area contributed by atoms with Gasteiger partial charge in [-0.15, -0.1) is 0 Å². The molecule has 6 heteroatoms. The van der Waals surface area contributed by atoms with Crippen LogP contribution in [0.15, 0.2) is 48.5 Å². The molecule has 2 aromatic carbocycles. The van der Waals surface area contributed by atoms with E-state index in [0.29, 0.717) is 23.7 Å². The van der Waals surface area contributed by atoms with Gasteiger partial charge in [-0.25, -0.2) is 9.59 Å². The fraction of sp³-hybridized carbons (Fsp3) is 0.364. The first-order valence-electron chi connectivity index (χ1n) is 9.78. The minimum absolute atomic E-state index is 0.217. The van der Waals surface area contributed by atoms with Crippen molar-refractivity contribution in [2.75, 3.05) is 25.0 Å². The van der Waals surface area contributed by atoms with Gasteiger partial charge in [-0.1, -0.05) is 30.3 Å². The average Bonchev–Trinajstić information content (AvgIpc) is 3.08. The van der Waals surface area contributed by atoms with Gasteiger partial charge in [0.15, 0.2) is 0 Å². The minimum Gasteiger partial charge on any atom is -0.457 e. The number of hydrogen-bond acceptors (Lipinski definition) is 4. The second kappa shape index (κ2) is 8.44. The molecule has 2 aromatic rings. The van der Waals surface area contributed by atoms with E-state index in [4.69, 9.17) is 4.74 Å². The van der Waals surface area contributed by atoms with Crippen molar-refractivity contribution >= 4 is 17.7 Å². The third kappa shape index (κ3) is 4.51. The van der Waals surface area contributed by atoms with E-state index >= 15 is 0 Å². The summed E-state index contributed by atoms with van der Waals surface area (Å²) in [5.41, 5.74) is 3.38. The predicted molar refractivity (Wildman–Crippen MR) is 107 cm³/mol. The molecule has 4 rings (SSSR count). The van der Waals surface area contributed by atoms with Gasteiger partial charge in [0.05, 0.1) is 5.56 Å². The van der Waals surface area contributed by atoms with Gasteiger partial charge in [0.2, 0.25) is 0 Å². The summed E-state index contributed by atoms with van der Waals surface area (Å²) in [6.07, 6.45) is 2.28. The highest BCUT2D eigenvalue weighted by Gasteiger charge is 2.22. The van der Waals surface area contributed by atoms with Gasteiger partial charge in [0.1, 0.15) is 6.61 Å². The Morgan fingerprint density at radius 2 is 2.04 bits per heavy atom. The Bertz CT molecular complexity index is 853. The molecule has 0 unspecified atom stereocenters. The quantitative estimate of drug-likeness (QED) is 0.782. The number of amides is 2. The third-order valence-corrected chi connectivity index (χ3v) is 5.35. The highest BCUT2D eigenvalue weighted by molar-refractivity contribution is 5.95. The number of esters is 1.